The van der Waals surface area contributed by atoms with Gasteiger partial charge in [0.15, 0.2) is 0 Å². The van der Waals surface area contributed by atoms with E-state index in [1.165, 1.54) is 5.56 Å². The van der Waals surface area contributed by atoms with Crippen LogP contribution in [-0.2, 0) is 12.8 Å². The third-order valence-corrected chi connectivity index (χ3v) is 3.41. The van der Waals surface area contributed by atoms with Crippen LogP contribution in [0.15, 0.2) is 41.6 Å². The zero-order valence-corrected chi connectivity index (χ0v) is 9.72. The molecule has 0 radical (unpaired) electrons. The van der Waals surface area contributed by atoms with Crippen LogP contribution in [0.4, 0.5) is 5.69 Å². The van der Waals surface area contributed by atoms with Gasteiger partial charge < -0.3 is 0 Å². The van der Waals surface area contributed by atoms with Crippen molar-refractivity contribution >= 4 is 12.0 Å². The molecule has 3 nitrogen and oxygen atoms in total. The number of aryl methyl sites for hydroxylation is 2. The zero-order valence-electron chi connectivity index (χ0n) is 9.72. The van der Waals surface area contributed by atoms with E-state index in [4.69, 9.17) is 0 Å². The number of hydrogen-bond donors (Lipinski definition) is 0. The van der Waals surface area contributed by atoms with Crippen LogP contribution < -0.4 is 0 Å². The highest BCUT2D eigenvalue weighted by atomic mass is 16.3. The smallest absolute Gasteiger partial charge is 0.150 e. The van der Waals surface area contributed by atoms with E-state index >= 15 is 0 Å². The molecule has 88 valence electrons. The van der Waals surface area contributed by atoms with Crippen molar-refractivity contribution in [2.24, 2.45) is 5.18 Å². The minimum Gasteiger partial charge on any atom is -0.298 e. The first kappa shape index (κ1) is 10.8. The van der Waals surface area contributed by atoms with Crippen LogP contribution in [0.3, 0.4) is 0 Å². The van der Waals surface area contributed by atoms with Crippen molar-refractivity contribution in [3.05, 3.63) is 58.0 Å². The SMILES string of the molecule is O=Cc1ccc2c(c1)CCc1cc(N=O)ccc1-2. The maximum absolute atomic E-state index is 10.8. The normalized spacial score (nSPS) is 12.4. The van der Waals surface area contributed by atoms with Crippen LogP contribution in [0.5, 0.6) is 0 Å². The van der Waals surface area contributed by atoms with Crippen molar-refractivity contribution in [1.29, 1.82) is 0 Å². The molecule has 2 aromatic rings. The molecule has 2 aromatic carbocycles. The number of carbonyl (C=O) groups excluding carboxylic acids is 1. The molecule has 3 heteroatoms. The first-order valence-corrected chi connectivity index (χ1v) is 5.86. The second-order valence-corrected chi connectivity index (χ2v) is 4.47. The van der Waals surface area contributed by atoms with E-state index in [0.717, 1.165) is 35.8 Å². The number of nitrogens with zero attached hydrogens (tertiary/aromatic N) is 1. The Hall–Kier alpha value is -2.29. The van der Waals surface area contributed by atoms with E-state index in [1.54, 1.807) is 6.07 Å². The molecule has 18 heavy (non-hydrogen) atoms. The molecular formula is C15H11NO2. The topological polar surface area (TPSA) is 46.5 Å². The van der Waals surface area contributed by atoms with E-state index < -0.39 is 0 Å². The lowest BCUT2D eigenvalue weighted by Crippen LogP contribution is -2.04. The molecule has 0 atom stereocenters. The van der Waals surface area contributed by atoms with Crippen LogP contribution in [0.1, 0.15) is 21.5 Å². The summed E-state index contributed by atoms with van der Waals surface area (Å²) in [6, 6.07) is 11.3. The number of rotatable bonds is 2. The number of aldehydes is 1. The van der Waals surface area contributed by atoms with Gasteiger partial charge in [-0.2, -0.15) is 0 Å². The molecule has 0 spiro atoms. The van der Waals surface area contributed by atoms with Gasteiger partial charge in [0.25, 0.3) is 0 Å². The van der Waals surface area contributed by atoms with Crippen LogP contribution in [0.25, 0.3) is 11.1 Å². The van der Waals surface area contributed by atoms with Crippen molar-refractivity contribution in [1.82, 2.24) is 0 Å². The Morgan fingerprint density at radius 3 is 2.28 bits per heavy atom. The molecule has 0 heterocycles. The molecule has 0 N–H and O–H groups in total. The summed E-state index contributed by atoms with van der Waals surface area (Å²) in [5.41, 5.74) is 5.82. The van der Waals surface area contributed by atoms with Gasteiger partial charge in [0, 0.05) is 5.56 Å². The molecule has 0 fully saturated rings. The van der Waals surface area contributed by atoms with Gasteiger partial charge >= 0.3 is 0 Å². The number of nitroso groups, excluding NO2 is 1. The Labute approximate surface area is 104 Å². The predicted octanol–water partition coefficient (Wildman–Crippen LogP) is 3.66. The van der Waals surface area contributed by atoms with Gasteiger partial charge in [0.2, 0.25) is 0 Å². The van der Waals surface area contributed by atoms with Crippen molar-refractivity contribution in [2.45, 2.75) is 12.8 Å². The third kappa shape index (κ3) is 1.64. The van der Waals surface area contributed by atoms with Gasteiger partial charge in [-0.1, -0.05) is 18.2 Å². The first-order chi connectivity index (χ1) is 8.81. The van der Waals surface area contributed by atoms with Crippen LogP contribution in [0, 0.1) is 4.91 Å². The summed E-state index contributed by atoms with van der Waals surface area (Å²) in [6.07, 6.45) is 2.65. The van der Waals surface area contributed by atoms with Crippen LogP contribution >= 0.6 is 0 Å². The second-order valence-electron chi connectivity index (χ2n) is 4.47. The van der Waals surface area contributed by atoms with Crippen molar-refractivity contribution < 1.29 is 4.79 Å². The molecule has 0 saturated carbocycles. The molecule has 1 aliphatic rings. The van der Waals surface area contributed by atoms with Gasteiger partial charge in [-0.05, 0) is 58.5 Å². The lowest BCUT2D eigenvalue weighted by atomic mass is 9.85. The highest BCUT2D eigenvalue weighted by molar-refractivity contribution is 5.81. The third-order valence-electron chi connectivity index (χ3n) is 3.41. The first-order valence-electron chi connectivity index (χ1n) is 5.86. The van der Waals surface area contributed by atoms with Crippen molar-refractivity contribution in [3.63, 3.8) is 0 Å². The number of fused-ring (bicyclic) bond motifs is 3. The fourth-order valence-corrected chi connectivity index (χ4v) is 2.53. The van der Waals surface area contributed by atoms with E-state index in [9.17, 15) is 9.70 Å². The Kier molecular flexibility index (Phi) is 2.52. The molecule has 0 amide bonds. The van der Waals surface area contributed by atoms with E-state index in [2.05, 4.69) is 5.18 Å². The average Bonchev–Trinajstić information content (AvgIpc) is 2.45. The lowest BCUT2D eigenvalue weighted by molar-refractivity contribution is 0.112. The zero-order chi connectivity index (χ0) is 12.5. The summed E-state index contributed by atoms with van der Waals surface area (Å²) >= 11 is 0. The Morgan fingerprint density at radius 1 is 0.944 bits per heavy atom. The van der Waals surface area contributed by atoms with Crippen LogP contribution in [0.2, 0.25) is 0 Å². The van der Waals surface area contributed by atoms with Crippen molar-refractivity contribution in [3.8, 4) is 11.1 Å². The molecule has 3 rings (SSSR count). The lowest BCUT2D eigenvalue weighted by Gasteiger charge is -2.20. The fourth-order valence-electron chi connectivity index (χ4n) is 2.53. The van der Waals surface area contributed by atoms with Crippen molar-refractivity contribution in [2.75, 3.05) is 0 Å². The summed E-state index contributed by atoms with van der Waals surface area (Å²) in [5.74, 6) is 0. The minimum atomic E-state index is 0.474. The molecule has 0 aromatic heterocycles. The molecule has 0 bridgehead atoms. The molecule has 0 saturated heterocycles. The van der Waals surface area contributed by atoms with Crippen LogP contribution in [-0.4, -0.2) is 6.29 Å². The fraction of sp³-hybridized carbons (Fsp3) is 0.133. The van der Waals surface area contributed by atoms with Gasteiger partial charge in [0.1, 0.15) is 12.0 Å². The quantitative estimate of drug-likeness (QED) is 0.591. The number of carbonyl (C=O) groups is 1. The van der Waals surface area contributed by atoms with E-state index in [1.807, 2.05) is 30.3 Å². The summed E-state index contributed by atoms with van der Waals surface area (Å²) in [5, 5.41) is 2.97. The molecule has 0 aliphatic heterocycles. The molecule has 0 unspecified atom stereocenters. The molecule has 1 aliphatic carbocycles. The van der Waals surface area contributed by atoms with Gasteiger partial charge in [-0.15, -0.1) is 4.91 Å². The second kappa shape index (κ2) is 4.18. The summed E-state index contributed by atoms with van der Waals surface area (Å²) < 4.78 is 0. The summed E-state index contributed by atoms with van der Waals surface area (Å²) in [4.78, 5) is 21.3. The standard InChI is InChI=1S/C15H11NO2/c17-9-10-1-5-14-11(7-10)2-3-12-8-13(16-18)4-6-15(12)14/h1,4-9H,2-3H2. The Bertz CT molecular complexity index is 589. The highest BCUT2D eigenvalue weighted by Crippen LogP contribution is 2.35. The summed E-state index contributed by atoms with van der Waals surface area (Å²) in [6.45, 7) is 0. The highest BCUT2D eigenvalue weighted by Gasteiger charge is 2.16. The van der Waals surface area contributed by atoms with Gasteiger partial charge in [-0.3, -0.25) is 4.79 Å². The Balaban J connectivity index is 2.17. The minimum absolute atomic E-state index is 0.474. The largest absolute Gasteiger partial charge is 0.298 e. The number of benzene rings is 2. The summed E-state index contributed by atoms with van der Waals surface area (Å²) in [7, 11) is 0. The van der Waals surface area contributed by atoms with E-state index in [-0.39, 0.29) is 0 Å². The van der Waals surface area contributed by atoms with Gasteiger partial charge in [-0.25, -0.2) is 0 Å². The molecular weight excluding hydrogens is 226 g/mol. The number of hydrogen-bond acceptors (Lipinski definition) is 3. The Morgan fingerprint density at radius 2 is 1.61 bits per heavy atom. The maximum atomic E-state index is 10.8. The monoisotopic (exact) mass is 237 g/mol. The van der Waals surface area contributed by atoms with E-state index in [0.29, 0.717) is 11.3 Å². The average molecular weight is 237 g/mol. The predicted molar refractivity (Wildman–Crippen MR) is 70.1 cm³/mol. The van der Waals surface area contributed by atoms with Gasteiger partial charge in [0.05, 0.1) is 0 Å². The maximum Gasteiger partial charge on any atom is 0.150 e.